The molecule has 2 N–H and O–H groups in total. The summed E-state index contributed by atoms with van der Waals surface area (Å²) in [4.78, 5) is 22.3. The van der Waals surface area contributed by atoms with Crippen LogP contribution < -0.4 is 14.8 Å². The fraction of sp³-hybridized carbons (Fsp3) is 0.176. The molecule has 2 aromatic rings. The van der Waals surface area contributed by atoms with Crippen LogP contribution in [0.4, 0.5) is 5.69 Å². The third kappa shape index (κ3) is 6.09. The Labute approximate surface area is 133 Å². The Bertz CT molecular complexity index is 657. The smallest absolute Gasteiger partial charge is 0.341 e. The number of anilines is 1. The molecular weight excluding hydrogens is 298 g/mol. The first-order valence-electron chi connectivity index (χ1n) is 7.06. The molecule has 0 saturated carbocycles. The molecule has 0 aromatic heterocycles. The van der Waals surface area contributed by atoms with Crippen LogP contribution in [0, 0.1) is 0 Å². The van der Waals surface area contributed by atoms with E-state index in [1.807, 2.05) is 30.3 Å². The van der Waals surface area contributed by atoms with Gasteiger partial charge in [-0.05, 0) is 24.3 Å². The van der Waals surface area contributed by atoms with Crippen molar-refractivity contribution in [2.75, 3.05) is 18.5 Å². The predicted octanol–water partition coefficient (Wildman–Crippen LogP) is 2.56. The summed E-state index contributed by atoms with van der Waals surface area (Å²) in [5.41, 5.74) is 0.539. The minimum Gasteiger partial charge on any atom is -0.493 e. The molecule has 0 atom stereocenters. The molecule has 0 aliphatic rings. The Balaban J connectivity index is 1.78. The lowest BCUT2D eigenvalue weighted by Crippen LogP contribution is -2.15. The molecule has 0 saturated heterocycles. The minimum absolute atomic E-state index is 0.198. The highest BCUT2D eigenvalue weighted by atomic mass is 16.5. The minimum atomic E-state index is -1.06. The van der Waals surface area contributed by atoms with E-state index in [0.29, 0.717) is 17.2 Å². The summed E-state index contributed by atoms with van der Waals surface area (Å²) in [6.45, 7) is -0.159. The monoisotopic (exact) mass is 315 g/mol. The van der Waals surface area contributed by atoms with Crippen molar-refractivity contribution in [2.24, 2.45) is 0 Å². The lowest BCUT2D eigenvalue weighted by atomic mass is 10.3. The number of carboxylic acids is 1. The maximum atomic E-state index is 11.9. The van der Waals surface area contributed by atoms with Gasteiger partial charge in [0, 0.05) is 11.8 Å². The molecule has 0 aliphatic carbocycles. The average molecular weight is 315 g/mol. The van der Waals surface area contributed by atoms with Gasteiger partial charge in [0.1, 0.15) is 11.5 Å². The fourth-order valence-electron chi connectivity index (χ4n) is 1.81. The van der Waals surface area contributed by atoms with Crippen molar-refractivity contribution < 1.29 is 24.2 Å². The second-order valence-electron chi connectivity index (χ2n) is 4.67. The van der Waals surface area contributed by atoms with Crippen LogP contribution in [0.25, 0.3) is 0 Å². The molecule has 0 heterocycles. The summed E-state index contributed by atoms with van der Waals surface area (Å²) in [6.07, 6.45) is 0.203. The molecule has 6 heteroatoms. The zero-order chi connectivity index (χ0) is 16.5. The zero-order valence-corrected chi connectivity index (χ0v) is 12.4. The number of carbonyl (C=O) groups excluding carboxylic acids is 1. The number of amides is 1. The van der Waals surface area contributed by atoms with E-state index in [-0.39, 0.29) is 18.9 Å². The Morgan fingerprint density at radius 1 is 0.957 bits per heavy atom. The topological polar surface area (TPSA) is 84.9 Å². The van der Waals surface area contributed by atoms with Crippen LogP contribution in [0.2, 0.25) is 0 Å². The van der Waals surface area contributed by atoms with Crippen LogP contribution in [0.5, 0.6) is 11.5 Å². The highest BCUT2D eigenvalue weighted by Gasteiger charge is 2.05. The van der Waals surface area contributed by atoms with Gasteiger partial charge in [0.25, 0.3) is 0 Å². The molecule has 6 nitrogen and oxygen atoms in total. The van der Waals surface area contributed by atoms with E-state index >= 15 is 0 Å². The van der Waals surface area contributed by atoms with Crippen LogP contribution in [-0.2, 0) is 9.59 Å². The molecule has 0 fully saturated rings. The number of nitrogens with one attached hydrogen (secondary N) is 1. The van der Waals surface area contributed by atoms with Crippen molar-refractivity contribution in [3.05, 3.63) is 54.6 Å². The first-order chi connectivity index (χ1) is 11.1. The number of carbonyl (C=O) groups is 2. The van der Waals surface area contributed by atoms with Gasteiger partial charge >= 0.3 is 5.97 Å². The normalized spacial score (nSPS) is 9.91. The number of carboxylic acid groups (broad SMARTS) is 1. The van der Waals surface area contributed by atoms with Gasteiger partial charge in [-0.3, -0.25) is 4.79 Å². The molecule has 120 valence electrons. The molecule has 0 radical (unpaired) electrons. The molecule has 0 spiro atoms. The molecule has 0 unspecified atom stereocenters. The molecule has 23 heavy (non-hydrogen) atoms. The Kier molecular flexibility index (Phi) is 5.99. The van der Waals surface area contributed by atoms with Crippen molar-refractivity contribution >= 4 is 17.6 Å². The largest absolute Gasteiger partial charge is 0.493 e. The Morgan fingerprint density at radius 2 is 1.70 bits per heavy atom. The zero-order valence-electron chi connectivity index (χ0n) is 12.4. The Hall–Kier alpha value is -3.02. The molecule has 0 bridgehead atoms. The molecule has 2 rings (SSSR count). The van der Waals surface area contributed by atoms with Gasteiger partial charge in [-0.15, -0.1) is 0 Å². The van der Waals surface area contributed by atoms with Crippen LogP contribution in [0.3, 0.4) is 0 Å². The van der Waals surface area contributed by atoms with Gasteiger partial charge in [0.15, 0.2) is 6.61 Å². The summed E-state index contributed by atoms with van der Waals surface area (Å²) in [5, 5.41) is 11.3. The van der Waals surface area contributed by atoms with Gasteiger partial charge in [0.05, 0.1) is 13.0 Å². The lowest BCUT2D eigenvalue weighted by molar-refractivity contribution is -0.139. The van der Waals surface area contributed by atoms with Gasteiger partial charge in [0.2, 0.25) is 5.91 Å². The highest BCUT2D eigenvalue weighted by Crippen LogP contribution is 2.17. The predicted molar refractivity (Wildman–Crippen MR) is 84.8 cm³/mol. The lowest BCUT2D eigenvalue weighted by Gasteiger charge is -2.09. The SMILES string of the molecule is O=C(O)COc1cccc(NC(=O)CCOc2ccccc2)c1. The van der Waals surface area contributed by atoms with Crippen molar-refractivity contribution in [1.29, 1.82) is 0 Å². The van der Waals surface area contributed by atoms with Crippen LogP contribution in [0.15, 0.2) is 54.6 Å². The van der Waals surface area contributed by atoms with Crippen LogP contribution >= 0.6 is 0 Å². The fourth-order valence-corrected chi connectivity index (χ4v) is 1.81. The van der Waals surface area contributed by atoms with E-state index in [0.717, 1.165) is 0 Å². The standard InChI is InChI=1S/C17H17NO5/c19-16(9-10-22-14-6-2-1-3-7-14)18-13-5-4-8-15(11-13)23-12-17(20)21/h1-8,11H,9-10,12H2,(H,18,19)(H,20,21). The summed E-state index contributed by atoms with van der Waals surface area (Å²) in [7, 11) is 0. The van der Waals surface area contributed by atoms with Crippen molar-refractivity contribution in [3.8, 4) is 11.5 Å². The van der Waals surface area contributed by atoms with E-state index in [1.54, 1.807) is 24.3 Å². The summed E-state index contributed by atoms with van der Waals surface area (Å²) < 4.78 is 10.5. The summed E-state index contributed by atoms with van der Waals surface area (Å²) in [6, 6.07) is 15.8. The van der Waals surface area contributed by atoms with E-state index in [1.165, 1.54) is 0 Å². The van der Waals surface area contributed by atoms with E-state index in [2.05, 4.69) is 5.32 Å². The second-order valence-corrected chi connectivity index (χ2v) is 4.67. The summed E-state index contributed by atoms with van der Waals surface area (Å²) in [5.74, 6) is -0.163. The Morgan fingerprint density at radius 3 is 2.43 bits per heavy atom. The number of hydrogen-bond donors (Lipinski definition) is 2. The molecule has 1 amide bonds. The quantitative estimate of drug-likeness (QED) is 0.782. The van der Waals surface area contributed by atoms with Crippen molar-refractivity contribution in [1.82, 2.24) is 0 Å². The first-order valence-corrected chi connectivity index (χ1v) is 7.06. The third-order valence-corrected chi connectivity index (χ3v) is 2.82. The molecular formula is C17H17NO5. The number of para-hydroxylation sites is 1. The van der Waals surface area contributed by atoms with E-state index in [4.69, 9.17) is 14.6 Å². The van der Waals surface area contributed by atoms with Gasteiger partial charge in [-0.2, -0.15) is 0 Å². The number of ether oxygens (including phenoxy) is 2. The van der Waals surface area contributed by atoms with Crippen molar-refractivity contribution in [3.63, 3.8) is 0 Å². The highest BCUT2D eigenvalue weighted by molar-refractivity contribution is 5.90. The number of aliphatic carboxylic acids is 1. The van der Waals surface area contributed by atoms with Gasteiger partial charge in [-0.1, -0.05) is 24.3 Å². The van der Waals surface area contributed by atoms with E-state index < -0.39 is 12.6 Å². The first kappa shape index (κ1) is 16.4. The number of hydrogen-bond acceptors (Lipinski definition) is 4. The molecule has 0 aliphatic heterocycles. The van der Waals surface area contributed by atoms with E-state index in [9.17, 15) is 9.59 Å². The van der Waals surface area contributed by atoms with Crippen LogP contribution in [0.1, 0.15) is 6.42 Å². The average Bonchev–Trinajstić information content (AvgIpc) is 2.54. The molecule has 2 aromatic carbocycles. The number of benzene rings is 2. The van der Waals surface area contributed by atoms with Gasteiger partial charge in [-0.25, -0.2) is 4.79 Å². The van der Waals surface area contributed by atoms with Gasteiger partial charge < -0.3 is 19.9 Å². The number of rotatable bonds is 8. The maximum absolute atomic E-state index is 11.9. The maximum Gasteiger partial charge on any atom is 0.341 e. The van der Waals surface area contributed by atoms with Crippen molar-refractivity contribution in [2.45, 2.75) is 6.42 Å². The third-order valence-electron chi connectivity index (χ3n) is 2.82. The van der Waals surface area contributed by atoms with Crippen LogP contribution in [-0.4, -0.2) is 30.2 Å². The summed E-state index contributed by atoms with van der Waals surface area (Å²) >= 11 is 0. The second kappa shape index (κ2) is 8.43.